The second kappa shape index (κ2) is 9.14. The Bertz CT molecular complexity index is 850. The third kappa shape index (κ3) is 5.79. The van der Waals surface area contributed by atoms with E-state index in [0.717, 1.165) is 11.6 Å². The minimum absolute atomic E-state index is 0.0307. The molecule has 142 valence electrons. The summed E-state index contributed by atoms with van der Waals surface area (Å²) in [6.07, 6.45) is 0. The average molecular weight is 391 g/mol. The molecule has 1 N–H and O–H groups in total. The number of amides is 1. The molecule has 1 amide bonds. The van der Waals surface area contributed by atoms with Crippen LogP contribution in [-0.4, -0.2) is 23.3 Å². The van der Waals surface area contributed by atoms with E-state index in [9.17, 15) is 19.7 Å². The van der Waals surface area contributed by atoms with Crippen LogP contribution in [0.3, 0.4) is 0 Å². The standard InChI is InChI=1S/C19H19ClN2O5/c1-12(2)14-5-3-13(4-6-14)11-27-18(23)10-21-19(24)15-7-8-16(20)17(9-15)22(25)26/h3-9,12H,10-11H2,1-2H3,(H,21,24). The fourth-order valence-electron chi connectivity index (χ4n) is 2.26. The Balaban J connectivity index is 1.85. The van der Waals surface area contributed by atoms with Crippen LogP contribution in [0.5, 0.6) is 0 Å². The van der Waals surface area contributed by atoms with E-state index >= 15 is 0 Å². The van der Waals surface area contributed by atoms with Crippen molar-refractivity contribution < 1.29 is 19.2 Å². The van der Waals surface area contributed by atoms with Crippen molar-refractivity contribution in [3.05, 3.63) is 74.3 Å². The summed E-state index contributed by atoms with van der Waals surface area (Å²) in [5.41, 5.74) is 1.68. The lowest BCUT2D eigenvalue weighted by molar-refractivity contribution is -0.384. The number of carbonyl (C=O) groups excluding carboxylic acids is 2. The summed E-state index contributed by atoms with van der Waals surface area (Å²) in [5, 5.41) is 13.2. The van der Waals surface area contributed by atoms with E-state index in [2.05, 4.69) is 19.2 Å². The van der Waals surface area contributed by atoms with Gasteiger partial charge in [0.1, 0.15) is 18.2 Å². The zero-order valence-electron chi connectivity index (χ0n) is 14.9. The molecule has 0 aliphatic heterocycles. The molecule has 27 heavy (non-hydrogen) atoms. The summed E-state index contributed by atoms with van der Waals surface area (Å²) in [5.74, 6) is -0.826. The average Bonchev–Trinajstić information content (AvgIpc) is 2.64. The summed E-state index contributed by atoms with van der Waals surface area (Å²) in [7, 11) is 0. The van der Waals surface area contributed by atoms with Gasteiger partial charge in [0, 0.05) is 11.6 Å². The number of esters is 1. The predicted octanol–water partition coefficient (Wildman–Crippen LogP) is 3.84. The molecule has 0 atom stereocenters. The molecule has 0 spiro atoms. The number of ether oxygens (including phenoxy) is 1. The van der Waals surface area contributed by atoms with Crippen LogP contribution in [0.25, 0.3) is 0 Å². The molecule has 0 fully saturated rings. The van der Waals surface area contributed by atoms with Gasteiger partial charge in [0.05, 0.1) is 4.92 Å². The molecular formula is C19H19ClN2O5. The molecule has 0 aliphatic carbocycles. The number of nitro benzene ring substituents is 1. The van der Waals surface area contributed by atoms with Crippen molar-refractivity contribution in [1.82, 2.24) is 5.32 Å². The van der Waals surface area contributed by atoms with Gasteiger partial charge in [-0.1, -0.05) is 49.7 Å². The molecule has 0 saturated carbocycles. The molecule has 0 unspecified atom stereocenters. The largest absolute Gasteiger partial charge is 0.460 e. The number of carbonyl (C=O) groups is 2. The van der Waals surface area contributed by atoms with Crippen LogP contribution in [0, 0.1) is 10.1 Å². The first-order valence-corrected chi connectivity index (χ1v) is 8.62. The third-order valence-corrected chi connectivity index (χ3v) is 4.16. The van der Waals surface area contributed by atoms with Crippen molar-refractivity contribution in [3.8, 4) is 0 Å². The fourth-order valence-corrected chi connectivity index (χ4v) is 2.45. The zero-order chi connectivity index (χ0) is 20.0. The highest BCUT2D eigenvalue weighted by Gasteiger charge is 2.17. The molecule has 7 nitrogen and oxygen atoms in total. The molecule has 8 heteroatoms. The Hall–Kier alpha value is -2.93. The van der Waals surface area contributed by atoms with Gasteiger partial charge in [0.15, 0.2) is 0 Å². The van der Waals surface area contributed by atoms with Crippen LogP contribution < -0.4 is 5.32 Å². The normalized spacial score (nSPS) is 10.5. The molecule has 0 radical (unpaired) electrons. The SMILES string of the molecule is CC(C)c1ccc(COC(=O)CNC(=O)c2ccc(Cl)c([N+](=O)[O-])c2)cc1. The van der Waals surface area contributed by atoms with E-state index in [0.29, 0.717) is 5.92 Å². The summed E-state index contributed by atoms with van der Waals surface area (Å²) in [4.78, 5) is 34.0. The first-order valence-electron chi connectivity index (χ1n) is 8.24. The molecule has 2 rings (SSSR count). The Morgan fingerprint density at radius 2 is 1.85 bits per heavy atom. The van der Waals surface area contributed by atoms with Crippen molar-refractivity contribution in [3.63, 3.8) is 0 Å². The van der Waals surface area contributed by atoms with E-state index in [1.54, 1.807) is 0 Å². The summed E-state index contributed by atoms with van der Waals surface area (Å²) in [6.45, 7) is 3.93. The van der Waals surface area contributed by atoms with Gasteiger partial charge < -0.3 is 10.1 Å². The highest BCUT2D eigenvalue weighted by Crippen LogP contribution is 2.25. The van der Waals surface area contributed by atoms with Gasteiger partial charge >= 0.3 is 5.97 Å². The Labute approximate surface area is 161 Å². The van der Waals surface area contributed by atoms with Gasteiger partial charge in [-0.3, -0.25) is 19.7 Å². The first kappa shape index (κ1) is 20.4. The lowest BCUT2D eigenvalue weighted by Crippen LogP contribution is -2.30. The molecule has 0 bridgehead atoms. The molecule has 0 saturated heterocycles. The third-order valence-electron chi connectivity index (χ3n) is 3.84. The van der Waals surface area contributed by atoms with E-state index in [1.807, 2.05) is 24.3 Å². The maximum absolute atomic E-state index is 12.0. The van der Waals surface area contributed by atoms with Crippen LogP contribution in [0.4, 0.5) is 5.69 Å². The number of rotatable bonds is 7. The van der Waals surface area contributed by atoms with Crippen LogP contribution in [0.1, 0.15) is 41.3 Å². The number of nitrogens with zero attached hydrogens (tertiary/aromatic N) is 1. The van der Waals surface area contributed by atoms with Crippen LogP contribution in [0.2, 0.25) is 5.02 Å². The van der Waals surface area contributed by atoms with Gasteiger partial charge in [-0.25, -0.2) is 0 Å². The van der Waals surface area contributed by atoms with Crippen LogP contribution in [0.15, 0.2) is 42.5 Å². The first-order chi connectivity index (χ1) is 12.8. The van der Waals surface area contributed by atoms with Gasteiger partial charge in [-0.15, -0.1) is 0 Å². The summed E-state index contributed by atoms with van der Waals surface area (Å²) < 4.78 is 5.11. The summed E-state index contributed by atoms with van der Waals surface area (Å²) in [6, 6.07) is 11.4. The Morgan fingerprint density at radius 1 is 1.19 bits per heavy atom. The van der Waals surface area contributed by atoms with E-state index in [4.69, 9.17) is 16.3 Å². The minimum Gasteiger partial charge on any atom is -0.460 e. The second-order valence-electron chi connectivity index (χ2n) is 6.16. The van der Waals surface area contributed by atoms with E-state index in [1.165, 1.54) is 17.7 Å². The highest BCUT2D eigenvalue weighted by atomic mass is 35.5. The van der Waals surface area contributed by atoms with Crippen molar-refractivity contribution in [2.24, 2.45) is 0 Å². The monoisotopic (exact) mass is 390 g/mol. The number of nitrogens with one attached hydrogen (secondary N) is 1. The van der Waals surface area contributed by atoms with Crippen LogP contribution in [-0.2, 0) is 16.1 Å². The smallest absolute Gasteiger partial charge is 0.325 e. The molecule has 2 aromatic carbocycles. The van der Waals surface area contributed by atoms with E-state index < -0.39 is 16.8 Å². The van der Waals surface area contributed by atoms with E-state index in [-0.39, 0.29) is 29.4 Å². The molecule has 0 aromatic heterocycles. The Kier molecular flexibility index (Phi) is 6.90. The lowest BCUT2D eigenvalue weighted by Gasteiger charge is -2.09. The molecular weight excluding hydrogens is 372 g/mol. The van der Waals surface area contributed by atoms with Gasteiger partial charge in [0.25, 0.3) is 11.6 Å². The minimum atomic E-state index is -0.683. The van der Waals surface area contributed by atoms with Crippen molar-refractivity contribution in [2.45, 2.75) is 26.4 Å². The van der Waals surface area contributed by atoms with Crippen LogP contribution >= 0.6 is 11.6 Å². The number of halogens is 1. The van der Waals surface area contributed by atoms with Gasteiger partial charge in [-0.05, 0) is 29.2 Å². The molecule has 2 aromatic rings. The Morgan fingerprint density at radius 3 is 2.44 bits per heavy atom. The van der Waals surface area contributed by atoms with Crippen molar-refractivity contribution >= 4 is 29.2 Å². The maximum atomic E-state index is 12.0. The lowest BCUT2D eigenvalue weighted by atomic mass is 10.0. The topological polar surface area (TPSA) is 98.5 Å². The number of hydrogen-bond acceptors (Lipinski definition) is 5. The quantitative estimate of drug-likeness (QED) is 0.440. The zero-order valence-corrected chi connectivity index (χ0v) is 15.7. The van der Waals surface area contributed by atoms with Gasteiger partial charge in [-0.2, -0.15) is 0 Å². The van der Waals surface area contributed by atoms with Crippen molar-refractivity contribution in [2.75, 3.05) is 6.54 Å². The maximum Gasteiger partial charge on any atom is 0.325 e. The molecule has 0 aliphatic rings. The predicted molar refractivity (Wildman–Crippen MR) is 101 cm³/mol. The number of hydrogen-bond donors (Lipinski definition) is 1. The van der Waals surface area contributed by atoms with Gasteiger partial charge in [0.2, 0.25) is 0 Å². The molecule has 0 heterocycles. The summed E-state index contributed by atoms with van der Waals surface area (Å²) >= 11 is 5.70. The number of benzene rings is 2. The highest BCUT2D eigenvalue weighted by molar-refractivity contribution is 6.32. The number of nitro groups is 1. The van der Waals surface area contributed by atoms with Crippen molar-refractivity contribution in [1.29, 1.82) is 0 Å². The second-order valence-corrected chi connectivity index (χ2v) is 6.57. The fraction of sp³-hybridized carbons (Fsp3) is 0.263.